The monoisotopic (exact) mass is 637 g/mol. The van der Waals surface area contributed by atoms with Gasteiger partial charge in [0.05, 0.1) is 16.5 Å². The van der Waals surface area contributed by atoms with Crippen LogP contribution in [0.4, 0.5) is 22.7 Å². The Labute approximate surface area is 282 Å². The molecular weight excluding hydrogens is 608 g/mol. The summed E-state index contributed by atoms with van der Waals surface area (Å²) in [7, 11) is 0. The molecule has 1 amide bonds. The van der Waals surface area contributed by atoms with Gasteiger partial charge < -0.3 is 31.0 Å². The molecule has 0 unspecified atom stereocenters. The van der Waals surface area contributed by atoms with Gasteiger partial charge in [-0.05, 0) is 52.9 Å². The first kappa shape index (κ1) is 28.9. The van der Waals surface area contributed by atoms with Crippen LogP contribution in [0.15, 0.2) is 120 Å². The number of aryl methyl sites for hydroxylation is 1. The number of hydrogen-bond acceptors (Lipinski definition) is 7. The summed E-state index contributed by atoms with van der Waals surface area (Å²) in [6.45, 7) is 2.88. The van der Waals surface area contributed by atoms with E-state index in [0.717, 1.165) is 49.5 Å². The predicted octanol–water partition coefficient (Wildman–Crippen LogP) is 4.64. The van der Waals surface area contributed by atoms with Gasteiger partial charge in [0.15, 0.2) is 0 Å². The van der Waals surface area contributed by atoms with Crippen LogP contribution in [0.5, 0.6) is 0 Å². The van der Waals surface area contributed by atoms with Crippen molar-refractivity contribution in [3.05, 3.63) is 137 Å². The molecular formula is C39H29B2N5O3. The fraction of sp³-hybridized carbons (Fsp3) is 0.0513. The van der Waals surface area contributed by atoms with E-state index in [0.29, 0.717) is 27.4 Å². The molecule has 2 aliphatic heterocycles. The largest absolute Gasteiger partial charge is 0.506 e. The zero-order valence-corrected chi connectivity index (χ0v) is 26.8. The highest BCUT2D eigenvalue weighted by Gasteiger charge is 2.39. The fourth-order valence-electron chi connectivity index (χ4n) is 7.26. The molecule has 6 aromatic carbocycles. The highest BCUT2D eigenvalue weighted by atomic mass is 16.3. The zero-order valence-electron chi connectivity index (χ0n) is 26.8. The Morgan fingerprint density at radius 2 is 1.41 bits per heavy atom. The van der Waals surface area contributed by atoms with Crippen molar-refractivity contribution >= 4 is 92.0 Å². The highest BCUT2D eigenvalue weighted by Crippen LogP contribution is 2.45. The number of Topliss-reactive ketones (excluding diaryl/α,β-unsaturated/α-hetero) is 1. The van der Waals surface area contributed by atoms with Gasteiger partial charge in [0.25, 0.3) is 0 Å². The van der Waals surface area contributed by atoms with Crippen molar-refractivity contribution in [2.24, 2.45) is 4.90 Å². The number of rotatable bonds is 4. The molecule has 0 radical (unpaired) electrons. The van der Waals surface area contributed by atoms with Crippen molar-refractivity contribution in [1.29, 1.82) is 0 Å². The summed E-state index contributed by atoms with van der Waals surface area (Å²) in [6, 6.07) is 35.7. The van der Waals surface area contributed by atoms with Crippen molar-refractivity contribution in [2.45, 2.75) is 13.8 Å². The lowest BCUT2D eigenvalue weighted by atomic mass is 9.65. The Balaban J connectivity index is 1.20. The number of carbonyl (C=O) groups is 2. The van der Waals surface area contributed by atoms with E-state index in [1.807, 2.05) is 84.9 Å². The van der Waals surface area contributed by atoms with E-state index in [9.17, 15) is 14.7 Å². The quantitative estimate of drug-likeness (QED) is 0.180. The Morgan fingerprint density at radius 3 is 2.12 bits per heavy atom. The molecule has 49 heavy (non-hydrogen) atoms. The molecule has 0 atom stereocenters. The van der Waals surface area contributed by atoms with E-state index in [1.165, 1.54) is 12.5 Å². The first-order chi connectivity index (χ1) is 23.8. The number of nitrogens with one attached hydrogen (secondary N) is 4. The van der Waals surface area contributed by atoms with Crippen molar-refractivity contribution in [1.82, 2.24) is 0 Å². The van der Waals surface area contributed by atoms with Gasteiger partial charge in [-0.1, -0.05) is 90.5 Å². The van der Waals surface area contributed by atoms with Crippen molar-refractivity contribution < 1.29 is 14.7 Å². The molecule has 0 aromatic heterocycles. The van der Waals surface area contributed by atoms with Gasteiger partial charge in [-0.15, -0.1) is 0 Å². The molecule has 234 valence electrons. The second kappa shape index (κ2) is 10.9. The summed E-state index contributed by atoms with van der Waals surface area (Å²) in [6.07, 6.45) is 0. The van der Waals surface area contributed by atoms with E-state index in [-0.39, 0.29) is 30.0 Å². The number of nitrogens with zero attached hydrogens (tertiary/aromatic N) is 1. The molecule has 0 saturated carbocycles. The molecule has 9 rings (SSSR count). The number of aliphatic hydroxyl groups excluding tert-OH is 1. The second-order valence-corrected chi connectivity index (χ2v) is 12.8. The Morgan fingerprint density at radius 1 is 0.735 bits per heavy atom. The fourth-order valence-corrected chi connectivity index (χ4v) is 7.26. The zero-order chi connectivity index (χ0) is 33.4. The van der Waals surface area contributed by atoms with Crippen LogP contribution < -0.4 is 42.5 Å². The number of hydrogen-bond donors (Lipinski definition) is 5. The first-order valence-electron chi connectivity index (χ1n) is 16.3. The maximum Gasteiger partial charge on any atom is 0.427 e. The molecule has 6 aromatic rings. The molecule has 0 bridgehead atoms. The van der Waals surface area contributed by atoms with E-state index >= 15 is 0 Å². The summed E-state index contributed by atoms with van der Waals surface area (Å²) < 4.78 is 0. The number of benzene rings is 6. The average Bonchev–Trinajstić information content (AvgIpc) is 3.11. The topological polar surface area (TPSA) is 115 Å². The molecule has 2 heterocycles. The lowest BCUT2D eigenvalue weighted by Crippen LogP contribution is -2.48. The van der Waals surface area contributed by atoms with E-state index < -0.39 is 6.98 Å². The molecule has 8 nitrogen and oxygen atoms in total. The van der Waals surface area contributed by atoms with Crippen molar-refractivity contribution in [2.75, 3.05) is 21.0 Å². The van der Waals surface area contributed by atoms with Gasteiger partial charge >= 0.3 is 14.0 Å². The summed E-state index contributed by atoms with van der Waals surface area (Å²) in [4.78, 5) is 30.9. The van der Waals surface area contributed by atoms with Crippen LogP contribution in [0.1, 0.15) is 18.1 Å². The number of aliphatic hydroxyl groups is 1. The third kappa shape index (κ3) is 4.59. The number of allylic oxidation sites excluding steroid dienone is 2. The van der Waals surface area contributed by atoms with E-state index in [2.05, 4.69) is 52.2 Å². The molecule has 5 N–H and O–H groups in total. The molecule has 0 fully saturated rings. The van der Waals surface area contributed by atoms with Gasteiger partial charge in [0.1, 0.15) is 5.76 Å². The van der Waals surface area contributed by atoms with Crippen LogP contribution >= 0.6 is 0 Å². The molecule has 3 aliphatic rings. The van der Waals surface area contributed by atoms with E-state index in [4.69, 9.17) is 4.90 Å². The van der Waals surface area contributed by atoms with Crippen molar-refractivity contribution in [3.63, 3.8) is 0 Å². The summed E-state index contributed by atoms with van der Waals surface area (Å²) in [5, 5.41) is 30.5. The lowest BCUT2D eigenvalue weighted by molar-refractivity contribution is -0.114. The standard InChI is InChI=1S/C39H29B2N5O3/c1-21-9-13-25(14-10-21)40-43-30-7-3-5-23-11-19-28(36(45-40)32(23)30)34-38(48)35(39(34)49)29-20-12-24-6-4-8-31-33(24)37(29)46-41(44-31)26-15-17-27(18-16-26)42-22(2)47/h3-20,43-45,48H,1-2H3,(H,42,47)/b35-29-. The maximum atomic E-state index is 14.3. The summed E-state index contributed by atoms with van der Waals surface area (Å²) >= 11 is 0. The van der Waals surface area contributed by atoms with Crippen molar-refractivity contribution in [3.8, 4) is 0 Å². The Kier molecular flexibility index (Phi) is 6.42. The number of ketones is 1. The SMILES string of the molecule is CC(=O)Nc1ccc(B2N=c3/c(=C4\C(=O)C(c5ccc6cccc7c6c5NB(c5ccc(C)cc5)N7)=C4O)ccc4cccc(c34)N2)cc1. The van der Waals surface area contributed by atoms with Crippen LogP contribution in [-0.2, 0) is 9.59 Å². The van der Waals surface area contributed by atoms with E-state index in [1.54, 1.807) is 0 Å². The first-order valence-corrected chi connectivity index (χ1v) is 16.3. The minimum absolute atomic E-state index is 0.0386. The normalized spacial score (nSPS) is 15.7. The van der Waals surface area contributed by atoms with Crippen LogP contribution in [0.2, 0.25) is 0 Å². The summed E-state index contributed by atoms with van der Waals surface area (Å²) in [5.41, 5.74) is 7.71. The molecule has 0 spiro atoms. The van der Waals surface area contributed by atoms with Crippen LogP contribution in [0.3, 0.4) is 0 Å². The van der Waals surface area contributed by atoms with Crippen LogP contribution in [0.25, 0.3) is 32.7 Å². The smallest absolute Gasteiger partial charge is 0.427 e. The molecule has 10 heteroatoms. The minimum atomic E-state index is -0.439. The number of amides is 1. The van der Waals surface area contributed by atoms with Gasteiger partial charge in [0.2, 0.25) is 11.7 Å². The van der Waals surface area contributed by atoms with Crippen LogP contribution in [-0.4, -0.2) is 30.8 Å². The second-order valence-electron chi connectivity index (χ2n) is 12.8. The van der Waals surface area contributed by atoms with Crippen LogP contribution in [0, 0.1) is 6.92 Å². The lowest BCUT2D eigenvalue weighted by Gasteiger charge is -2.31. The average molecular weight is 637 g/mol. The Hall–Kier alpha value is -6.28. The molecule has 0 saturated heterocycles. The van der Waals surface area contributed by atoms with Gasteiger partial charge in [-0.2, -0.15) is 0 Å². The maximum absolute atomic E-state index is 14.3. The summed E-state index contributed by atoms with van der Waals surface area (Å²) in [5.74, 6) is -0.404. The molecule has 1 aliphatic carbocycles. The van der Waals surface area contributed by atoms with Gasteiger partial charge in [-0.25, -0.2) is 0 Å². The predicted molar refractivity (Wildman–Crippen MR) is 200 cm³/mol. The Bertz CT molecular complexity index is 2580. The third-order valence-electron chi connectivity index (χ3n) is 9.63. The number of carbonyl (C=O) groups excluding carboxylic acids is 2. The minimum Gasteiger partial charge on any atom is -0.506 e. The van der Waals surface area contributed by atoms with Gasteiger partial charge in [-0.3, -0.25) is 9.59 Å². The van der Waals surface area contributed by atoms with Gasteiger partial charge in [0, 0.05) is 51.2 Å². The highest BCUT2D eigenvalue weighted by molar-refractivity contribution is 6.80. The third-order valence-corrected chi connectivity index (χ3v) is 9.63. The number of anilines is 4.